The van der Waals surface area contributed by atoms with Gasteiger partial charge in [0.15, 0.2) is 0 Å². The van der Waals surface area contributed by atoms with Crippen LogP contribution in [0.1, 0.15) is 39.5 Å². The molecule has 3 aliphatic carbocycles. The zero-order chi connectivity index (χ0) is 8.77. The van der Waals surface area contributed by atoms with Crippen LogP contribution in [-0.4, -0.2) is 11.7 Å². The highest BCUT2D eigenvalue weighted by atomic mass is 16.2. The van der Waals surface area contributed by atoms with E-state index in [1.165, 1.54) is 19.3 Å². The summed E-state index contributed by atoms with van der Waals surface area (Å²) in [7, 11) is 0. The van der Waals surface area contributed by atoms with Crippen LogP contribution >= 0.6 is 0 Å². The van der Waals surface area contributed by atoms with E-state index in [2.05, 4.69) is 13.8 Å². The molecule has 1 nitrogen and oxygen atoms in total. The number of hydrogen-bond donors (Lipinski definition) is 1. The Morgan fingerprint density at radius 1 is 1.50 bits per heavy atom. The molecule has 0 heterocycles. The van der Waals surface area contributed by atoms with Crippen molar-refractivity contribution >= 4 is 0 Å². The Bertz CT molecular complexity index is 221. The lowest BCUT2D eigenvalue weighted by atomic mass is 9.52. The van der Waals surface area contributed by atoms with Gasteiger partial charge >= 0.3 is 0 Å². The van der Waals surface area contributed by atoms with Gasteiger partial charge in [-0.2, -0.15) is 0 Å². The molecule has 0 saturated heterocycles. The molecular formula is C11H18O. The maximum absolute atomic E-state index is 8.95. The molecule has 0 amide bonds. The first-order valence-electron chi connectivity index (χ1n) is 4.96. The molecule has 0 unspecified atom stereocenters. The van der Waals surface area contributed by atoms with Gasteiger partial charge < -0.3 is 5.11 Å². The molecule has 0 aliphatic heterocycles. The van der Waals surface area contributed by atoms with Crippen molar-refractivity contribution in [2.45, 2.75) is 39.5 Å². The maximum Gasteiger partial charge on any atom is 0.0468 e. The van der Waals surface area contributed by atoms with Crippen LogP contribution in [0.2, 0.25) is 0 Å². The van der Waals surface area contributed by atoms with E-state index in [-0.39, 0.29) is 0 Å². The summed E-state index contributed by atoms with van der Waals surface area (Å²) in [5.74, 6) is 0.970. The van der Waals surface area contributed by atoms with Crippen LogP contribution in [0, 0.1) is 11.3 Å². The number of aliphatic hydroxyl groups excluding tert-OH is 1. The van der Waals surface area contributed by atoms with Crippen LogP contribution in [-0.2, 0) is 0 Å². The first kappa shape index (κ1) is 8.31. The molecule has 3 rings (SSSR count). The van der Waals surface area contributed by atoms with Crippen molar-refractivity contribution in [2.24, 2.45) is 11.3 Å². The third-order valence-electron chi connectivity index (χ3n) is 3.68. The minimum atomic E-state index is 0.326. The first-order valence-corrected chi connectivity index (χ1v) is 4.96. The Labute approximate surface area is 74.5 Å². The molecule has 1 N–H and O–H groups in total. The quantitative estimate of drug-likeness (QED) is 0.625. The largest absolute Gasteiger partial charge is 0.396 e. The summed E-state index contributed by atoms with van der Waals surface area (Å²) in [6.07, 6.45) is 4.96. The Kier molecular flexibility index (Phi) is 1.80. The van der Waals surface area contributed by atoms with Crippen molar-refractivity contribution in [3.8, 4) is 0 Å². The van der Waals surface area contributed by atoms with Crippen molar-refractivity contribution in [3.05, 3.63) is 11.1 Å². The van der Waals surface area contributed by atoms with Gasteiger partial charge in [0.25, 0.3) is 0 Å². The smallest absolute Gasteiger partial charge is 0.0468 e. The third-order valence-corrected chi connectivity index (χ3v) is 3.68. The summed E-state index contributed by atoms with van der Waals surface area (Å²) < 4.78 is 0. The number of fused-ring (bicyclic) bond motifs is 1. The minimum absolute atomic E-state index is 0.326. The predicted octanol–water partition coefficient (Wildman–Crippen LogP) is 2.51. The number of allylic oxidation sites excluding steroid dienone is 1. The highest BCUT2D eigenvalue weighted by Crippen LogP contribution is 2.58. The first-order chi connectivity index (χ1) is 5.65. The summed E-state index contributed by atoms with van der Waals surface area (Å²) in [5.41, 5.74) is 3.61. The molecule has 1 fully saturated rings. The third kappa shape index (κ3) is 1.03. The molecule has 0 spiro atoms. The van der Waals surface area contributed by atoms with Crippen LogP contribution in [0.3, 0.4) is 0 Å². The molecule has 12 heavy (non-hydrogen) atoms. The number of rotatable bonds is 2. The van der Waals surface area contributed by atoms with E-state index in [4.69, 9.17) is 5.11 Å². The van der Waals surface area contributed by atoms with Crippen LogP contribution in [0.25, 0.3) is 0 Å². The molecule has 1 heteroatoms. The van der Waals surface area contributed by atoms with E-state index in [1.54, 1.807) is 11.1 Å². The summed E-state index contributed by atoms with van der Waals surface area (Å²) >= 11 is 0. The van der Waals surface area contributed by atoms with Crippen LogP contribution < -0.4 is 0 Å². The molecule has 3 aliphatic rings. The van der Waals surface area contributed by atoms with Gasteiger partial charge in [0.05, 0.1) is 0 Å². The monoisotopic (exact) mass is 166 g/mol. The molecule has 2 bridgehead atoms. The SMILES string of the molecule is CC1=C(CCO)C2(C)CC(C1)C2. The average Bonchev–Trinajstić information content (AvgIpc) is 1.93. The van der Waals surface area contributed by atoms with E-state index in [1.807, 2.05) is 0 Å². The summed E-state index contributed by atoms with van der Waals surface area (Å²) in [5, 5.41) is 8.95. The summed E-state index contributed by atoms with van der Waals surface area (Å²) in [4.78, 5) is 0. The fourth-order valence-electron chi connectivity index (χ4n) is 3.30. The second kappa shape index (κ2) is 2.59. The molecule has 0 aromatic carbocycles. The van der Waals surface area contributed by atoms with Gasteiger partial charge in [-0.15, -0.1) is 0 Å². The molecular weight excluding hydrogens is 148 g/mol. The Balaban J connectivity index is 2.23. The molecule has 1 saturated carbocycles. The maximum atomic E-state index is 8.95. The standard InChI is InChI=1S/C11H18O/c1-8-5-9-6-11(2,7-9)10(8)3-4-12/h9,12H,3-7H2,1-2H3. The molecule has 0 aromatic rings. The molecule has 0 radical (unpaired) electrons. The molecule has 0 atom stereocenters. The predicted molar refractivity (Wildman–Crippen MR) is 49.9 cm³/mol. The van der Waals surface area contributed by atoms with Gasteiger partial charge in [-0.05, 0) is 43.9 Å². The molecule has 0 aromatic heterocycles. The van der Waals surface area contributed by atoms with Gasteiger partial charge in [0.2, 0.25) is 0 Å². The van der Waals surface area contributed by atoms with E-state index >= 15 is 0 Å². The van der Waals surface area contributed by atoms with Crippen LogP contribution in [0.5, 0.6) is 0 Å². The normalized spacial score (nSPS) is 39.8. The Morgan fingerprint density at radius 2 is 2.17 bits per heavy atom. The Hall–Kier alpha value is -0.300. The van der Waals surface area contributed by atoms with E-state index in [0.717, 1.165) is 12.3 Å². The van der Waals surface area contributed by atoms with Crippen molar-refractivity contribution in [2.75, 3.05) is 6.61 Å². The van der Waals surface area contributed by atoms with Gasteiger partial charge in [0.1, 0.15) is 0 Å². The summed E-state index contributed by atoms with van der Waals surface area (Å²) in [6, 6.07) is 0. The highest BCUT2D eigenvalue weighted by Gasteiger charge is 2.46. The van der Waals surface area contributed by atoms with Gasteiger partial charge in [-0.25, -0.2) is 0 Å². The lowest BCUT2D eigenvalue weighted by molar-refractivity contribution is 0.0858. The van der Waals surface area contributed by atoms with Crippen molar-refractivity contribution in [1.82, 2.24) is 0 Å². The number of aliphatic hydroxyl groups is 1. The van der Waals surface area contributed by atoms with Crippen molar-refractivity contribution < 1.29 is 5.11 Å². The van der Waals surface area contributed by atoms with Gasteiger partial charge in [-0.3, -0.25) is 0 Å². The average molecular weight is 166 g/mol. The van der Waals surface area contributed by atoms with Crippen LogP contribution in [0.15, 0.2) is 11.1 Å². The number of hydrogen-bond acceptors (Lipinski definition) is 1. The Morgan fingerprint density at radius 3 is 2.67 bits per heavy atom. The van der Waals surface area contributed by atoms with Crippen molar-refractivity contribution in [3.63, 3.8) is 0 Å². The summed E-state index contributed by atoms with van der Waals surface area (Å²) in [6.45, 7) is 4.93. The van der Waals surface area contributed by atoms with E-state index < -0.39 is 0 Å². The van der Waals surface area contributed by atoms with Crippen LogP contribution in [0.4, 0.5) is 0 Å². The molecule has 68 valence electrons. The van der Waals surface area contributed by atoms with E-state index in [0.29, 0.717) is 12.0 Å². The van der Waals surface area contributed by atoms with Gasteiger partial charge in [-0.1, -0.05) is 18.1 Å². The lowest BCUT2D eigenvalue weighted by Crippen LogP contribution is -2.41. The highest BCUT2D eigenvalue weighted by molar-refractivity contribution is 5.29. The minimum Gasteiger partial charge on any atom is -0.396 e. The fraction of sp³-hybridized carbons (Fsp3) is 0.818. The fourth-order valence-corrected chi connectivity index (χ4v) is 3.30. The second-order valence-electron chi connectivity index (χ2n) is 4.77. The zero-order valence-electron chi connectivity index (χ0n) is 8.06. The van der Waals surface area contributed by atoms with E-state index in [9.17, 15) is 0 Å². The van der Waals surface area contributed by atoms with Gasteiger partial charge in [0, 0.05) is 6.61 Å². The topological polar surface area (TPSA) is 20.2 Å². The second-order valence-corrected chi connectivity index (χ2v) is 4.77. The lowest BCUT2D eigenvalue weighted by Gasteiger charge is -2.52. The zero-order valence-corrected chi connectivity index (χ0v) is 8.06. The van der Waals surface area contributed by atoms with Crippen molar-refractivity contribution in [1.29, 1.82) is 0 Å².